The van der Waals surface area contributed by atoms with Gasteiger partial charge in [0.15, 0.2) is 0 Å². The van der Waals surface area contributed by atoms with Gasteiger partial charge in [0.05, 0.1) is 6.42 Å². The van der Waals surface area contributed by atoms with Crippen LogP contribution in [0.15, 0.2) is 73.1 Å². The van der Waals surface area contributed by atoms with Crippen LogP contribution in [-0.2, 0) is 17.8 Å². The molecule has 1 amide bonds. The molecule has 0 bridgehead atoms. The molecule has 0 fully saturated rings. The van der Waals surface area contributed by atoms with Gasteiger partial charge in [0.2, 0.25) is 5.91 Å². The fraction of sp³-hybridized carbons (Fsp3) is 0.100. The molecule has 3 aromatic rings. The number of benzene rings is 2. The average molecular weight is 335 g/mol. The number of amides is 1. The number of hydrogen-bond donors (Lipinski definition) is 2. The highest BCUT2D eigenvalue weighted by Gasteiger charge is 2.08. The minimum atomic E-state index is -0.368. The van der Waals surface area contributed by atoms with E-state index >= 15 is 0 Å². The quantitative estimate of drug-likeness (QED) is 0.715. The molecule has 126 valence electrons. The first-order valence-electron chi connectivity index (χ1n) is 7.97. The van der Waals surface area contributed by atoms with Gasteiger partial charge >= 0.3 is 0 Å². The van der Waals surface area contributed by atoms with Crippen LogP contribution in [0.25, 0.3) is 0 Å². The molecular weight excluding hydrogens is 317 g/mol. The third kappa shape index (κ3) is 4.88. The first kappa shape index (κ1) is 16.6. The normalized spacial score (nSPS) is 10.3. The minimum absolute atomic E-state index is 0.00762. The van der Waals surface area contributed by atoms with Gasteiger partial charge in [-0.3, -0.25) is 9.78 Å². The second-order valence-electron chi connectivity index (χ2n) is 5.61. The SMILES string of the molecule is O=C(Cc1ccccc1F)Nc1ccc(NCc2cccnc2)cc1. The topological polar surface area (TPSA) is 54.0 Å². The largest absolute Gasteiger partial charge is 0.381 e. The molecule has 0 radical (unpaired) electrons. The van der Waals surface area contributed by atoms with Gasteiger partial charge in [0.25, 0.3) is 0 Å². The summed E-state index contributed by atoms with van der Waals surface area (Å²) in [5.41, 5.74) is 3.09. The number of aromatic nitrogens is 1. The Kier molecular flexibility index (Phi) is 5.36. The maximum atomic E-state index is 13.6. The predicted octanol–water partition coefficient (Wildman–Crippen LogP) is 4.01. The average Bonchev–Trinajstić information content (AvgIpc) is 2.64. The van der Waals surface area contributed by atoms with E-state index in [-0.39, 0.29) is 18.1 Å². The summed E-state index contributed by atoms with van der Waals surface area (Å²) in [5.74, 6) is -0.617. The van der Waals surface area contributed by atoms with E-state index in [2.05, 4.69) is 15.6 Å². The molecule has 0 aliphatic carbocycles. The lowest BCUT2D eigenvalue weighted by molar-refractivity contribution is -0.115. The van der Waals surface area contributed by atoms with Crippen molar-refractivity contribution in [3.63, 3.8) is 0 Å². The Hall–Kier alpha value is -3.21. The number of anilines is 2. The molecule has 0 unspecified atom stereocenters. The van der Waals surface area contributed by atoms with Crippen LogP contribution in [0.2, 0.25) is 0 Å². The van der Waals surface area contributed by atoms with Gasteiger partial charge in [-0.25, -0.2) is 4.39 Å². The number of carbonyl (C=O) groups is 1. The van der Waals surface area contributed by atoms with E-state index in [0.29, 0.717) is 17.8 Å². The number of halogens is 1. The molecule has 4 nitrogen and oxygen atoms in total. The van der Waals surface area contributed by atoms with Gasteiger partial charge in [-0.1, -0.05) is 24.3 Å². The molecule has 0 spiro atoms. The molecule has 25 heavy (non-hydrogen) atoms. The second-order valence-corrected chi connectivity index (χ2v) is 5.61. The van der Waals surface area contributed by atoms with Gasteiger partial charge in [0, 0.05) is 30.3 Å². The Morgan fingerprint density at radius 3 is 2.44 bits per heavy atom. The molecule has 0 aliphatic rings. The summed E-state index contributed by atoms with van der Waals surface area (Å²) in [5, 5.41) is 6.06. The van der Waals surface area contributed by atoms with Crippen molar-refractivity contribution in [1.29, 1.82) is 0 Å². The lowest BCUT2D eigenvalue weighted by Gasteiger charge is -2.09. The lowest BCUT2D eigenvalue weighted by atomic mass is 10.1. The van der Waals surface area contributed by atoms with Gasteiger partial charge < -0.3 is 10.6 Å². The predicted molar refractivity (Wildman–Crippen MR) is 96.7 cm³/mol. The van der Waals surface area contributed by atoms with E-state index in [1.807, 2.05) is 42.6 Å². The molecule has 3 rings (SSSR count). The number of rotatable bonds is 6. The van der Waals surface area contributed by atoms with Crippen molar-refractivity contribution in [1.82, 2.24) is 4.98 Å². The van der Waals surface area contributed by atoms with E-state index in [1.165, 1.54) is 6.07 Å². The summed E-state index contributed by atoms with van der Waals surface area (Å²) in [6.45, 7) is 0.673. The standard InChI is InChI=1S/C20H18FN3O/c21-19-6-2-1-5-16(19)12-20(25)24-18-9-7-17(8-10-18)23-14-15-4-3-11-22-13-15/h1-11,13,23H,12,14H2,(H,24,25). The summed E-state index contributed by atoms with van der Waals surface area (Å²) in [4.78, 5) is 16.1. The molecule has 0 atom stereocenters. The van der Waals surface area contributed by atoms with Crippen LogP contribution in [-0.4, -0.2) is 10.9 Å². The maximum Gasteiger partial charge on any atom is 0.228 e. The first-order chi connectivity index (χ1) is 12.2. The third-order valence-electron chi connectivity index (χ3n) is 3.70. The van der Waals surface area contributed by atoms with Crippen molar-refractivity contribution in [2.75, 3.05) is 10.6 Å². The molecule has 2 N–H and O–H groups in total. The van der Waals surface area contributed by atoms with Crippen LogP contribution >= 0.6 is 0 Å². The van der Waals surface area contributed by atoms with E-state index in [0.717, 1.165) is 11.3 Å². The Morgan fingerprint density at radius 2 is 1.72 bits per heavy atom. The molecule has 5 heteroatoms. The van der Waals surface area contributed by atoms with Crippen molar-refractivity contribution in [3.8, 4) is 0 Å². The van der Waals surface area contributed by atoms with Crippen molar-refractivity contribution in [3.05, 3.63) is 90.0 Å². The Balaban J connectivity index is 1.53. The molecule has 1 heterocycles. The van der Waals surface area contributed by atoms with Crippen molar-refractivity contribution in [2.45, 2.75) is 13.0 Å². The number of nitrogens with zero attached hydrogens (tertiary/aromatic N) is 1. The zero-order valence-corrected chi connectivity index (χ0v) is 13.6. The van der Waals surface area contributed by atoms with Crippen LogP contribution in [0.1, 0.15) is 11.1 Å². The number of hydrogen-bond acceptors (Lipinski definition) is 3. The molecule has 2 aromatic carbocycles. The summed E-state index contributed by atoms with van der Waals surface area (Å²) in [7, 11) is 0. The number of nitrogens with one attached hydrogen (secondary N) is 2. The Bertz CT molecular complexity index is 835. The van der Waals surface area contributed by atoms with Crippen LogP contribution < -0.4 is 10.6 Å². The monoisotopic (exact) mass is 335 g/mol. The van der Waals surface area contributed by atoms with Gasteiger partial charge in [0.1, 0.15) is 5.82 Å². The lowest BCUT2D eigenvalue weighted by Crippen LogP contribution is -2.15. The van der Waals surface area contributed by atoms with Gasteiger partial charge in [-0.2, -0.15) is 0 Å². The van der Waals surface area contributed by atoms with E-state index < -0.39 is 0 Å². The van der Waals surface area contributed by atoms with Crippen molar-refractivity contribution in [2.24, 2.45) is 0 Å². The maximum absolute atomic E-state index is 13.6. The first-order valence-corrected chi connectivity index (χ1v) is 7.97. The number of pyridine rings is 1. The van der Waals surface area contributed by atoms with Crippen molar-refractivity contribution >= 4 is 17.3 Å². The van der Waals surface area contributed by atoms with E-state index in [1.54, 1.807) is 24.4 Å². The molecule has 1 aromatic heterocycles. The highest BCUT2D eigenvalue weighted by atomic mass is 19.1. The Labute approximate surface area is 145 Å². The third-order valence-corrected chi connectivity index (χ3v) is 3.70. The highest BCUT2D eigenvalue weighted by molar-refractivity contribution is 5.92. The van der Waals surface area contributed by atoms with Crippen LogP contribution in [0.4, 0.5) is 15.8 Å². The smallest absolute Gasteiger partial charge is 0.228 e. The minimum Gasteiger partial charge on any atom is -0.381 e. The van der Waals surface area contributed by atoms with Crippen LogP contribution in [0.5, 0.6) is 0 Å². The summed E-state index contributed by atoms with van der Waals surface area (Å²) in [6.07, 6.45) is 3.56. The number of carbonyl (C=O) groups excluding carboxylic acids is 1. The second kappa shape index (κ2) is 8.06. The molecule has 0 saturated heterocycles. The fourth-order valence-electron chi connectivity index (χ4n) is 2.40. The van der Waals surface area contributed by atoms with Gasteiger partial charge in [-0.15, -0.1) is 0 Å². The summed E-state index contributed by atoms with van der Waals surface area (Å²) in [6, 6.07) is 17.6. The van der Waals surface area contributed by atoms with Gasteiger partial charge in [-0.05, 0) is 47.5 Å². The molecule has 0 aliphatic heterocycles. The zero-order chi connectivity index (χ0) is 17.5. The van der Waals surface area contributed by atoms with Crippen LogP contribution in [0.3, 0.4) is 0 Å². The van der Waals surface area contributed by atoms with Crippen LogP contribution in [0, 0.1) is 5.82 Å². The van der Waals surface area contributed by atoms with E-state index in [9.17, 15) is 9.18 Å². The summed E-state index contributed by atoms with van der Waals surface area (Å²) < 4.78 is 13.6. The zero-order valence-electron chi connectivity index (χ0n) is 13.6. The summed E-state index contributed by atoms with van der Waals surface area (Å²) >= 11 is 0. The highest BCUT2D eigenvalue weighted by Crippen LogP contribution is 2.15. The van der Waals surface area contributed by atoms with E-state index in [4.69, 9.17) is 0 Å². The Morgan fingerprint density at radius 1 is 0.960 bits per heavy atom. The van der Waals surface area contributed by atoms with Crippen molar-refractivity contribution < 1.29 is 9.18 Å². The molecular formula is C20H18FN3O. The fourth-order valence-corrected chi connectivity index (χ4v) is 2.40. The molecule has 0 saturated carbocycles.